The Morgan fingerprint density at radius 3 is 2.17 bits per heavy atom. The molecule has 1 saturated heterocycles. The highest BCUT2D eigenvalue weighted by atomic mass is 19.1. The second-order valence-corrected chi connectivity index (χ2v) is 17.4. The fraction of sp³-hybridized carbons (Fsp3) is 0.558. The highest BCUT2D eigenvalue weighted by Crippen LogP contribution is 2.64. The number of alkyl halides is 1. The van der Waals surface area contributed by atoms with E-state index >= 15 is 0 Å². The number of ether oxygens (including phenoxy) is 5. The van der Waals surface area contributed by atoms with E-state index in [0.29, 0.717) is 0 Å². The predicted molar refractivity (Wildman–Crippen MR) is 204 cm³/mol. The Labute approximate surface area is 340 Å². The van der Waals surface area contributed by atoms with Crippen LogP contribution in [0.3, 0.4) is 0 Å². The van der Waals surface area contributed by atoms with Gasteiger partial charge in [0.05, 0.1) is 35.6 Å². The quantitative estimate of drug-likeness (QED) is 0.132. The van der Waals surface area contributed by atoms with Crippen molar-refractivity contribution in [2.75, 3.05) is 13.3 Å². The molecule has 0 aromatic heterocycles. The predicted octanol–water partition coefficient (Wildman–Crippen LogP) is 3.21. The van der Waals surface area contributed by atoms with E-state index in [0.717, 1.165) is 6.92 Å². The van der Waals surface area contributed by atoms with Gasteiger partial charge in [-0.2, -0.15) is 0 Å². The van der Waals surface area contributed by atoms with E-state index in [9.17, 15) is 48.8 Å². The number of carbonyl (C=O) groups excluding carboxylic acids is 5. The molecule has 59 heavy (non-hydrogen) atoms. The van der Waals surface area contributed by atoms with Crippen molar-refractivity contribution in [2.45, 2.75) is 121 Å². The summed E-state index contributed by atoms with van der Waals surface area (Å²) in [6.07, 6.45) is -12.0. The van der Waals surface area contributed by atoms with Crippen molar-refractivity contribution in [3.05, 3.63) is 82.9 Å². The number of hydrogen-bond acceptors (Lipinski definition) is 14. The number of rotatable bonds is 10. The number of benzene rings is 2. The smallest absolute Gasteiger partial charge is 0.408 e. The lowest BCUT2D eigenvalue weighted by Gasteiger charge is -2.67. The first kappa shape index (κ1) is 43.8. The van der Waals surface area contributed by atoms with Crippen molar-refractivity contribution in [1.29, 1.82) is 0 Å². The molecule has 1 heterocycles. The largest absolute Gasteiger partial charge is 0.456 e. The van der Waals surface area contributed by atoms with Gasteiger partial charge < -0.3 is 49.4 Å². The van der Waals surface area contributed by atoms with Crippen molar-refractivity contribution >= 4 is 29.8 Å². The van der Waals surface area contributed by atoms with Gasteiger partial charge in [-0.1, -0.05) is 62.4 Å². The maximum Gasteiger partial charge on any atom is 0.408 e. The second kappa shape index (κ2) is 15.7. The summed E-state index contributed by atoms with van der Waals surface area (Å²) in [6.45, 7) is 8.34. The Morgan fingerprint density at radius 1 is 1.00 bits per heavy atom. The maximum atomic E-state index is 14.9. The van der Waals surface area contributed by atoms with Crippen LogP contribution in [0, 0.1) is 16.7 Å². The van der Waals surface area contributed by atoms with E-state index in [2.05, 4.69) is 5.32 Å². The zero-order valence-electron chi connectivity index (χ0n) is 34.0. The third-order valence-corrected chi connectivity index (χ3v) is 12.9. The molecule has 5 N–H and O–H groups in total. The fourth-order valence-corrected chi connectivity index (χ4v) is 9.56. The van der Waals surface area contributed by atoms with Gasteiger partial charge in [-0.15, -0.1) is 0 Å². The number of aliphatic hydroxyl groups excluding tert-OH is 3. The highest BCUT2D eigenvalue weighted by Gasteiger charge is 2.78. The number of alkyl carbamates (subject to hydrolysis) is 1. The van der Waals surface area contributed by atoms with Gasteiger partial charge in [0.1, 0.15) is 42.3 Å². The number of carbonyl (C=O) groups is 5. The van der Waals surface area contributed by atoms with Gasteiger partial charge >= 0.3 is 24.0 Å². The molecular formula is C43H52FNO14. The van der Waals surface area contributed by atoms with Gasteiger partial charge in [0, 0.05) is 25.2 Å². The lowest BCUT2D eigenvalue weighted by Crippen LogP contribution is -2.81. The third-order valence-electron chi connectivity index (χ3n) is 12.9. The summed E-state index contributed by atoms with van der Waals surface area (Å²) in [5.41, 5.74) is -9.06. The normalized spacial score (nSPS) is 33.3. The standard InChI is InChI=1S/C43H52FNO14/c1-22-26(56-37(52)32(49)30(24-14-10-8-11-15-24)45-38(53)59-39(3,4)20-44)19-43(54)35(57-36(51)25-16-12-9-13-17-25)33-41(7,34(50)31(48)29(22)40(43,5)6)27(47)18-28-42(33,21-55-28)58-23(2)46/h8-17,26-28,30-33,35,47-49,54H,18-21H2,1-7H3,(H,45,53)/t26-,27-,28+,30+,31+,32+,33-,35-,41+,42-,43+/m0/s1. The highest BCUT2D eigenvalue weighted by molar-refractivity contribution is 5.94. The lowest BCUT2D eigenvalue weighted by atomic mass is 9.44. The van der Waals surface area contributed by atoms with Crippen molar-refractivity contribution in [2.24, 2.45) is 16.7 Å². The first-order chi connectivity index (χ1) is 27.6. The van der Waals surface area contributed by atoms with Crippen LogP contribution in [-0.2, 0) is 38.1 Å². The Hall–Kier alpha value is -4.74. The molecule has 15 nitrogen and oxygen atoms in total. The number of hydrogen-bond donors (Lipinski definition) is 5. The molecule has 16 heteroatoms. The number of nitrogens with one attached hydrogen (secondary N) is 1. The molecule has 1 amide bonds. The summed E-state index contributed by atoms with van der Waals surface area (Å²) >= 11 is 0. The number of Topliss-reactive ketones (excluding diaryl/α,β-unsaturated/α-hetero) is 1. The van der Waals surface area contributed by atoms with Gasteiger partial charge in [-0.05, 0) is 56.5 Å². The van der Waals surface area contributed by atoms with Gasteiger partial charge in [-0.3, -0.25) is 9.59 Å². The molecule has 320 valence electrons. The molecule has 0 radical (unpaired) electrons. The number of fused-ring (bicyclic) bond motifs is 5. The van der Waals surface area contributed by atoms with Crippen molar-refractivity contribution in [3.8, 4) is 0 Å². The molecule has 3 aliphatic carbocycles. The summed E-state index contributed by atoms with van der Waals surface area (Å²) in [7, 11) is 0. The fourth-order valence-electron chi connectivity index (χ4n) is 9.56. The number of aliphatic hydroxyl groups is 4. The van der Waals surface area contributed by atoms with Gasteiger partial charge in [0.2, 0.25) is 0 Å². The molecule has 2 aromatic rings. The molecule has 2 saturated carbocycles. The average molecular weight is 826 g/mol. The van der Waals surface area contributed by atoms with Crippen LogP contribution in [0.1, 0.15) is 83.3 Å². The topological polar surface area (TPSA) is 224 Å². The van der Waals surface area contributed by atoms with Gasteiger partial charge in [0.15, 0.2) is 17.5 Å². The first-order valence-corrected chi connectivity index (χ1v) is 19.5. The van der Waals surface area contributed by atoms with Crippen LogP contribution >= 0.6 is 0 Å². The molecule has 4 aliphatic rings. The van der Waals surface area contributed by atoms with Crippen LogP contribution in [0.25, 0.3) is 0 Å². The van der Waals surface area contributed by atoms with Crippen LogP contribution in [0.4, 0.5) is 9.18 Å². The minimum absolute atomic E-state index is 0.0603. The van der Waals surface area contributed by atoms with Crippen molar-refractivity contribution in [3.63, 3.8) is 0 Å². The summed E-state index contributed by atoms with van der Waals surface area (Å²) in [5.74, 6) is -5.53. The first-order valence-electron chi connectivity index (χ1n) is 19.5. The SMILES string of the molecule is CC(=O)O[C@@]12CO[C@@H]1C[C@H](O)[C@@]1(C)C(=O)[C@H](O)C3=C(C)[C@@H](OC(=O)[C@H](O)[C@H](NC(=O)OC(C)(C)CF)c4ccccc4)C[C@@](O)([C@@H](OC(=O)c4ccccc4)[C@H]21)C3(C)C. The monoisotopic (exact) mass is 825 g/mol. The molecule has 3 fully saturated rings. The third kappa shape index (κ3) is 7.32. The van der Waals surface area contributed by atoms with Crippen molar-refractivity contribution in [1.82, 2.24) is 5.32 Å². The summed E-state index contributed by atoms with van der Waals surface area (Å²) in [5, 5.41) is 51.4. The zero-order chi connectivity index (χ0) is 43.5. The molecule has 11 atom stereocenters. The van der Waals surface area contributed by atoms with E-state index < -0.39 is 119 Å². The molecule has 2 bridgehead atoms. The number of halogens is 1. The van der Waals surface area contributed by atoms with E-state index in [-0.39, 0.29) is 35.3 Å². The van der Waals surface area contributed by atoms with E-state index in [1.807, 2.05) is 0 Å². The summed E-state index contributed by atoms with van der Waals surface area (Å²) in [4.78, 5) is 68.9. The Bertz CT molecular complexity index is 2010. The van der Waals surface area contributed by atoms with Crippen LogP contribution in [0.15, 0.2) is 71.8 Å². The minimum atomic E-state index is -2.39. The van der Waals surface area contributed by atoms with Crippen molar-refractivity contribution < 1.29 is 72.5 Å². The van der Waals surface area contributed by atoms with Crippen LogP contribution in [-0.4, -0.2) is 117 Å². The molecule has 0 spiro atoms. The summed E-state index contributed by atoms with van der Waals surface area (Å²) < 4.78 is 42.7. The Morgan fingerprint density at radius 2 is 1.61 bits per heavy atom. The average Bonchev–Trinajstić information content (AvgIpc) is 3.18. The van der Waals surface area contributed by atoms with E-state index in [1.54, 1.807) is 36.4 Å². The number of amides is 1. The summed E-state index contributed by atoms with van der Waals surface area (Å²) in [6, 6.07) is 14.1. The Kier molecular flexibility index (Phi) is 11.7. The van der Waals surface area contributed by atoms with Gasteiger partial charge in [0.25, 0.3) is 0 Å². The molecule has 0 unspecified atom stereocenters. The molecule has 2 aromatic carbocycles. The van der Waals surface area contributed by atoms with E-state index in [4.69, 9.17) is 23.7 Å². The van der Waals surface area contributed by atoms with E-state index in [1.165, 1.54) is 65.8 Å². The van der Waals surface area contributed by atoms with Gasteiger partial charge in [-0.25, -0.2) is 18.8 Å². The molecule has 1 aliphatic heterocycles. The Balaban J connectivity index is 1.48. The zero-order valence-corrected chi connectivity index (χ0v) is 34.0. The van der Waals surface area contributed by atoms with Crippen LogP contribution < -0.4 is 5.32 Å². The molecular weight excluding hydrogens is 773 g/mol. The van der Waals surface area contributed by atoms with Crippen LogP contribution in [0.5, 0.6) is 0 Å². The minimum Gasteiger partial charge on any atom is -0.456 e. The van der Waals surface area contributed by atoms with Crippen LogP contribution in [0.2, 0.25) is 0 Å². The maximum absolute atomic E-state index is 14.9. The molecule has 6 rings (SSSR count). The lowest BCUT2D eigenvalue weighted by molar-refractivity contribution is -0.346. The number of ketones is 1. The second-order valence-electron chi connectivity index (χ2n) is 17.4. The number of esters is 3.